The minimum Gasteiger partial charge on any atom is -0.387 e. The number of allylic oxidation sites excluding steroid dienone is 1. The zero-order chi connectivity index (χ0) is 12.2. The summed E-state index contributed by atoms with van der Waals surface area (Å²) in [4.78, 5) is 0. The molecule has 16 heavy (non-hydrogen) atoms. The van der Waals surface area contributed by atoms with Crippen molar-refractivity contribution >= 4 is 0 Å². The van der Waals surface area contributed by atoms with Gasteiger partial charge in [-0.15, -0.1) is 0 Å². The molecule has 0 unspecified atom stereocenters. The van der Waals surface area contributed by atoms with E-state index in [1.165, 1.54) is 0 Å². The molecule has 3 nitrogen and oxygen atoms in total. The Hall–Kier alpha value is -0.380. The van der Waals surface area contributed by atoms with Crippen molar-refractivity contribution in [3.63, 3.8) is 0 Å². The first-order chi connectivity index (χ1) is 7.48. The molecule has 1 aliphatic heterocycles. The average Bonchev–Trinajstić information content (AvgIpc) is 2.22. The molecule has 0 aromatic rings. The summed E-state index contributed by atoms with van der Waals surface area (Å²) in [6, 6.07) is 0. The van der Waals surface area contributed by atoms with Gasteiger partial charge in [-0.25, -0.2) is 0 Å². The Balaban J connectivity index is 2.70. The lowest BCUT2D eigenvalue weighted by molar-refractivity contribution is -0.307. The summed E-state index contributed by atoms with van der Waals surface area (Å²) in [7, 11) is 0. The maximum atomic E-state index is 9.76. The molecule has 1 rings (SSSR count). The van der Waals surface area contributed by atoms with Crippen molar-refractivity contribution in [2.45, 2.75) is 52.4 Å². The van der Waals surface area contributed by atoms with Crippen molar-refractivity contribution in [3.05, 3.63) is 12.2 Å². The van der Waals surface area contributed by atoms with Gasteiger partial charge in [0.25, 0.3) is 0 Å². The Morgan fingerprint density at radius 2 is 1.94 bits per heavy atom. The Bertz CT molecular complexity index is 238. The molecule has 0 bridgehead atoms. The van der Waals surface area contributed by atoms with Crippen LogP contribution in [0.3, 0.4) is 0 Å². The topological polar surface area (TPSA) is 38.7 Å². The second-order valence-corrected chi connectivity index (χ2v) is 5.04. The zero-order valence-electron chi connectivity index (χ0n) is 10.8. The van der Waals surface area contributed by atoms with E-state index in [1.54, 1.807) is 13.0 Å². The fourth-order valence-corrected chi connectivity index (χ4v) is 2.11. The zero-order valence-corrected chi connectivity index (χ0v) is 10.8. The van der Waals surface area contributed by atoms with E-state index >= 15 is 0 Å². The largest absolute Gasteiger partial charge is 0.387 e. The Morgan fingerprint density at radius 1 is 1.38 bits per heavy atom. The molecule has 1 N–H and O–H groups in total. The molecule has 0 aliphatic carbocycles. The SMILES string of the molecule is CC=CC1([C@H](C)O)OCC(C)(CCC)CO1. The van der Waals surface area contributed by atoms with Crippen LogP contribution in [0, 0.1) is 5.41 Å². The van der Waals surface area contributed by atoms with Crippen molar-refractivity contribution in [2.75, 3.05) is 13.2 Å². The van der Waals surface area contributed by atoms with Crippen LogP contribution in [0.1, 0.15) is 40.5 Å². The van der Waals surface area contributed by atoms with E-state index in [4.69, 9.17) is 9.47 Å². The third kappa shape index (κ3) is 2.84. The number of ether oxygens (including phenoxy) is 2. The van der Waals surface area contributed by atoms with Gasteiger partial charge in [0.15, 0.2) is 0 Å². The molecular formula is C13H24O3. The van der Waals surface area contributed by atoms with Crippen molar-refractivity contribution in [1.82, 2.24) is 0 Å². The second kappa shape index (κ2) is 5.30. The molecule has 0 aromatic heterocycles. The summed E-state index contributed by atoms with van der Waals surface area (Å²) in [6.45, 7) is 9.19. The highest BCUT2D eigenvalue weighted by atomic mass is 16.7. The monoisotopic (exact) mass is 228 g/mol. The van der Waals surface area contributed by atoms with E-state index in [9.17, 15) is 5.11 Å². The van der Waals surface area contributed by atoms with Gasteiger partial charge in [0, 0.05) is 5.41 Å². The minimum absolute atomic E-state index is 0.0781. The molecule has 1 saturated heterocycles. The summed E-state index contributed by atoms with van der Waals surface area (Å²) in [5.74, 6) is -0.942. The van der Waals surface area contributed by atoms with Crippen LogP contribution >= 0.6 is 0 Å². The lowest BCUT2D eigenvalue weighted by Crippen LogP contribution is -2.53. The van der Waals surface area contributed by atoms with Crippen LogP contribution in [0.5, 0.6) is 0 Å². The minimum atomic E-state index is -0.942. The standard InChI is InChI=1S/C13H24O3/c1-5-7-12(4)9-15-13(8-6-2,11(3)14)16-10-12/h6,8,11,14H,5,7,9-10H2,1-4H3/t11-,12?,13?/m0/s1. The van der Waals surface area contributed by atoms with Gasteiger partial charge in [-0.05, 0) is 26.3 Å². The Labute approximate surface area is 98.4 Å². The van der Waals surface area contributed by atoms with Gasteiger partial charge in [-0.2, -0.15) is 0 Å². The normalized spacial score (nSPS) is 37.8. The van der Waals surface area contributed by atoms with Gasteiger partial charge in [0.1, 0.15) is 6.10 Å². The molecule has 0 amide bonds. The Morgan fingerprint density at radius 3 is 2.31 bits per heavy atom. The van der Waals surface area contributed by atoms with E-state index in [2.05, 4.69) is 13.8 Å². The first-order valence-electron chi connectivity index (χ1n) is 6.08. The highest BCUT2D eigenvalue weighted by molar-refractivity contribution is 5.01. The molecular weight excluding hydrogens is 204 g/mol. The molecule has 1 heterocycles. The van der Waals surface area contributed by atoms with Crippen LogP contribution in [0.4, 0.5) is 0 Å². The van der Waals surface area contributed by atoms with Gasteiger partial charge < -0.3 is 14.6 Å². The number of hydrogen-bond acceptors (Lipinski definition) is 3. The molecule has 1 aliphatic rings. The van der Waals surface area contributed by atoms with E-state index < -0.39 is 11.9 Å². The second-order valence-electron chi connectivity index (χ2n) is 5.04. The molecule has 0 aromatic carbocycles. The highest BCUT2D eigenvalue weighted by Gasteiger charge is 2.43. The van der Waals surface area contributed by atoms with Crippen molar-refractivity contribution in [3.8, 4) is 0 Å². The van der Waals surface area contributed by atoms with Gasteiger partial charge in [0.2, 0.25) is 5.79 Å². The predicted molar refractivity (Wildman–Crippen MR) is 64.1 cm³/mol. The first kappa shape index (κ1) is 13.7. The summed E-state index contributed by atoms with van der Waals surface area (Å²) in [5, 5.41) is 9.76. The predicted octanol–water partition coefficient (Wildman–Crippen LogP) is 2.49. The fraction of sp³-hybridized carbons (Fsp3) is 0.846. The van der Waals surface area contributed by atoms with Crippen LogP contribution in [0.15, 0.2) is 12.2 Å². The van der Waals surface area contributed by atoms with Crippen LogP contribution in [0.25, 0.3) is 0 Å². The van der Waals surface area contributed by atoms with Gasteiger partial charge in [-0.1, -0.05) is 26.3 Å². The summed E-state index contributed by atoms with van der Waals surface area (Å²) < 4.78 is 11.6. The van der Waals surface area contributed by atoms with Crippen molar-refractivity contribution < 1.29 is 14.6 Å². The van der Waals surface area contributed by atoms with Crippen LogP contribution in [-0.2, 0) is 9.47 Å². The Kier molecular flexibility index (Phi) is 4.53. The molecule has 94 valence electrons. The summed E-state index contributed by atoms with van der Waals surface area (Å²) in [6.07, 6.45) is 5.20. The number of aliphatic hydroxyl groups is 1. The van der Waals surface area contributed by atoms with Crippen molar-refractivity contribution in [1.29, 1.82) is 0 Å². The number of aliphatic hydroxyl groups excluding tert-OH is 1. The smallest absolute Gasteiger partial charge is 0.214 e. The van der Waals surface area contributed by atoms with Crippen LogP contribution in [0.2, 0.25) is 0 Å². The lowest BCUT2D eigenvalue weighted by atomic mass is 9.86. The maximum absolute atomic E-state index is 9.76. The third-order valence-electron chi connectivity index (χ3n) is 3.13. The van der Waals surface area contributed by atoms with Gasteiger partial charge >= 0.3 is 0 Å². The summed E-state index contributed by atoms with van der Waals surface area (Å²) in [5.41, 5.74) is 0.0781. The van der Waals surface area contributed by atoms with E-state index in [0.29, 0.717) is 13.2 Å². The molecule has 0 spiro atoms. The first-order valence-corrected chi connectivity index (χ1v) is 6.08. The molecule has 1 atom stereocenters. The van der Waals surface area contributed by atoms with E-state index in [-0.39, 0.29) is 5.41 Å². The number of rotatable bonds is 4. The highest BCUT2D eigenvalue weighted by Crippen LogP contribution is 2.35. The van der Waals surface area contributed by atoms with Crippen molar-refractivity contribution in [2.24, 2.45) is 5.41 Å². The molecule has 1 fully saturated rings. The molecule has 3 heteroatoms. The van der Waals surface area contributed by atoms with E-state index in [1.807, 2.05) is 13.0 Å². The molecule has 0 saturated carbocycles. The number of hydrogen-bond donors (Lipinski definition) is 1. The third-order valence-corrected chi connectivity index (χ3v) is 3.13. The summed E-state index contributed by atoms with van der Waals surface area (Å²) >= 11 is 0. The van der Waals surface area contributed by atoms with Gasteiger partial charge in [-0.3, -0.25) is 0 Å². The lowest BCUT2D eigenvalue weighted by Gasteiger charge is -2.44. The van der Waals surface area contributed by atoms with Crippen LogP contribution in [-0.4, -0.2) is 30.2 Å². The average molecular weight is 228 g/mol. The van der Waals surface area contributed by atoms with E-state index in [0.717, 1.165) is 12.8 Å². The van der Waals surface area contributed by atoms with Crippen LogP contribution < -0.4 is 0 Å². The quantitative estimate of drug-likeness (QED) is 0.751. The maximum Gasteiger partial charge on any atom is 0.214 e. The molecule has 0 radical (unpaired) electrons. The fourth-order valence-electron chi connectivity index (χ4n) is 2.11. The van der Waals surface area contributed by atoms with Gasteiger partial charge in [0.05, 0.1) is 13.2 Å².